The summed E-state index contributed by atoms with van der Waals surface area (Å²) in [6.45, 7) is 1.71. The van der Waals surface area contributed by atoms with Crippen LogP contribution in [0.1, 0.15) is 15.9 Å². The Balaban J connectivity index is 2.58. The van der Waals surface area contributed by atoms with E-state index < -0.39 is 0 Å². The molecule has 0 saturated heterocycles. The standard InChI is InChI=1S/C14H11FO/c1-10-6-7-11(8-14(10)15)13-5-3-2-4-12(13)9-16/h2-9H,1H3. The summed E-state index contributed by atoms with van der Waals surface area (Å²) in [5.74, 6) is -0.252. The molecular formula is C14H11FO. The molecule has 0 spiro atoms. The van der Waals surface area contributed by atoms with Gasteiger partial charge in [-0.2, -0.15) is 0 Å². The zero-order valence-corrected chi connectivity index (χ0v) is 8.91. The minimum Gasteiger partial charge on any atom is -0.298 e. The van der Waals surface area contributed by atoms with Crippen LogP contribution in [0, 0.1) is 12.7 Å². The van der Waals surface area contributed by atoms with Crippen molar-refractivity contribution in [3.05, 3.63) is 59.4 Å². The molecule has 0 saturated carbocycles. The molecule has 0 unspecified atom stereocenters. The molecule has 0 aliphatic carbocycles. The number of aldehydes is 1. The first-order chi connectivity index (χ1) is 7.72. The van der Waals surface area contributed by atoms with Crippen molar-refractivity contribution in [1.82, 2.24) is 0 Å². The smallest absolute Gasteiger partial charge is 0.150 e. The number of halogens is 1. The average Bonchev–Trinajstić information content (AvgIpc) is 2.32. The molecule has 80 valence electrons. The van der Waals surface area contributed by atoms with E-state index in [2.05, 4.69) is 0 Å². The van der Waals surface area contributed by atoms with Crippen LogP contribution < -0.4 is 0 Å². The summed E-state index contributed by atoms with van der Waals surface area (Å²) in [7, 11) is 0. The number of aryl methyl sites for hydroxylation is 1. The van der Waals surface area contributed by atoms with Gasteiger partial charge in [0.05, 0.1) is 0 Å². The van der Waals surface area contributed by atoms with E-state index in [-0.39, 0.29) is 5.82 Å². The Bertz CT molecular complexity index is 532. The lowest BCUT2D eigenvalue weighted by Gasteiger charge is -2.05. The summed E-state index contributed by atoms with van der Waals surface area (Å²) in [4.78, 5) is 10.9. The second kappa shape index (κ2) is 4.27. The second-order valence-corrected chi connectivity index (χ2v) is 3.67. The normalized spacial score (nSPS) is 10.1. The molecular weight excluding hydrogens is 203 g/mol. The Hall–Kier alpha value is -1.96. The van der Waals surface area contributed by atoms with Gasteiger partial charge in [-0.3, -0.25) is 4.79 Å². The van der Waals surface area contributed by atoms with Crippen molar-refractivity contribution in [2.24, 2.45) is 0 Å². The highest BCUT2D eigenvalue weighted by Crippen LogP contribution is 2.24. The third-order valence-electron chi connectivity index (χ3n) is 2.57. The number of hydrogen-bond donors (Lipinski definition) is 0. The van der Waals surface area contributed by atoms with Crippen LogP contribution in [0.4, 0.5) is 4.39 Å². The highest BCUT2D eigenvalue weighted by molar-refractivity contribution is 5.87. The van der Waals surface area contributed by atoms with Crippen LogP contribution in [0.2, 0.25) is 0 Å². The van der Waals surface area contributed by atoms with E-state index in [9.17, 15) is 9.18 Å². The predicted octanol–water partition coefficient (Wildman–Crippen LogP) is 3.61. The third kappa shape index (κ3) is 1.87. The van der Waals surface area contributed by atoms with E-state index >= 15 is 0 Å². The van der Waals surface area contributed by atoms with Crippen molar-refractivity contribution in [1.29, 1.82) is 0 Å². The van der Waals surface area contributed by atoms with Crippen molar-refractivity contribution in [2.45, 2.75) is 6.92 Å². The van der Waals surface area contributed by atoms with Crippen LogP contribution in [-0.4, -0.2) is 6.29 Å². The summed E-state index contributed by atoms with van der Waals surface area (Å²) in [6, 6.07) is 12.1. The maximum Gasteiger partial charge on any atom is 0.150 e. The van der Waals surface area contributed by atoms with Gasteiger partial charge in [-0.05, 0) is 29.7 Å². The van der Waals surface area contributed by atoms with Crippen LogP contribution >= 0.6 is 0 Å². The lowest BCUT2D eigenvalue weighted by atomic mass is 9.99. The highest BCUT2D eigenvalue weighted by atomic mass is 19.1. The van der Waals surface area contributed by atoms with E-state index in [1.807, 2.05) is 18.2 Å². The Morgan fingerprint density at radius 2 is 1.88 bits per heavy atom. The summed E-state index contributed by atoms with van der Waals surface area (Å²) in [5.41, 5.74) is 2.67. The molecule has 2 heteroatoms. The first-order valence-corrected chi connectivity index (χ1v) is 5.03. The monoisotopic (exact) mass is 214 g/mol. The number of carbonyl (C=O) groups excluding carboxylic acids is 1. The van der Waals surface area contributed by atoms with Gasteiger partial charge in [-0.25, -0.2) is 4.39 Å². The molecule has 1 nitrogen and oxygen atoms in total. The first kappa shape index (κ1) is 10.6. The molecule has 2 aromatic carbocycles. The van der Waals surface area contributed by atoms with Gasteiger partial charge in [0.25, 0.3) is 0 Å². The molecule has 0 aliphatic rings. The molecule has 2 rings (SSSR count). The predicted molar refractivity (Wildman–Crippen MR) is 62.0 cm³/mol. The summed E-state index contributed by atoms with van der Waals surface area (Å²) >= 11 is 0. The van der Waals surface area contributed by atoms with E-state index in [1.54, 1.807) is 25.1 Å². The topological polar surface area (TPSA) is 17.1 Å². The third-order valence-corrected chi connectivity index (χ3v) is 2.57. The van der Waals surface area contributed by atoms with Gasteiger partial charge < -0.3 is 0 Å². The van der Waals surface area contributed by atoms with E-state index in [0.29, 0.717) is 11.1 Å². The van der Waals surface area contributed by atoms with Crippen molar-refractivity contribution >= 4 is 6.29 Å². The molecule has 16 heavy (non-hydrogen) atoms. The van der Waals surface area contributed by atoms with Gasteiger partial charge in [0, 0.05) is 5.56 Å². The maximum atomic E-state index is 13.4. The van der Waals surface area contributed by atoms with E-state index in [0.717, 1.165) is 17.4 Å². The Morgan fingerprint density at radius 3 is 2.56 bits per heavy atom. The molecule has 2 aromatic rings. The van der Waals surface area contributed by atoms with Gasteiger partial charge in [0.1, 0.15) is 5.82 Å². The average molecular weight is 214 g/mol. The lowest BCUT2D eigenvalue weighted by molar-refractivity contribution is 0.112. The second-order valence-electron chi connectivity index (χ2n) is 3.67. The fourth-order valence-electron chi connectivity index (χ4n) is 1.62. The largest absolute Gasteiger partial charge is 0.298 e. The molecule has 0 bridgehead atoms. The molecule has 0 fully saturated rings. The maximum absolute atomic E-state index is 13.4. The van der Waals surface area contributed by atoms with Gasteiger partial charge >= 0.3 is 0 Å². The van der Waals surface area contributed by atoms with Crippen LogP contribution in [-0.2, 0) is 0 Å². The van der Waals surface area contributed by atoms with Gasteiger partial charge in [-0.1, -0.05) is 36.4 Å². The van der Waals surface area contributed by atoms with Crippen LogP contribution in [0.5, 0.6) is 0 Å². The lowest BCUT2D eigenvalue weighted by Crippen LogP contribution is -1.89. The van der Waals surface area contributed by atoms with Crippen LogP contribution in [0.15, 0.2) is 42.5 Å². The molecule has 0 N–H and O–H groups in total. The Kier molecular flexibility index (Phi) is 2.82. The zero-order valence-electron chi connectivity index (χ0n) is 8.91. The SMILES string of the molecule is Cc1ccc(-c2ccccc2C=O)cc1F. The molecule has 0 heterocycles. The number of benzene rings is 2. The van der Waals surface area contributed by atoms with E-state index in [1.165, 1.54) is 6.07 Å². The van der Waals surface area contributed by atoms with Crippen molar-refractivity contribution in [3.8, 4) is 11.1 Å². The fraction of sp³-hybridized carbons (Fsp3) is 0.0714. The number of carbonyl (C=O) groups is 1. The quantitative estimate of drug-likeness (QED) is 0.698. The highest BCUT2D eigenvalue weighted by Gasteiger charge is 2.05. The number of hydrogen-bond acceptors (Lipinski definition) is 1. The number of rotatable bonds is 2. The summed E-state index contributed by atoms with van der Waals surface area (Å²) in [5, 5.41) is 0. The summed E-state index contributed by atoms with van der Waals surface area (Å²) in [6.07, 6.45) is 0.785. The molecule has 0 atom stereocenters. The van der Waals surface area contributed by atoms with Crippen molar-refractivity contribution < 1.29 is 9.18 Å². The fourth-order valence-corrected chi connectivity index (χ4v) is 1.62. The van der Waals surface area contributed by atoms with Gasteiger partial charge in [-0.15, -0.1) is 0 Å². The Labute approximate surface area is 93.5 Å². The van der Waals surface area contributed by atoms with Gasteiger partial charge in [0.2, 0.25) is 0 Å². The van der Waals surface area contributed by atoms with Crippen molar-refractivity contribution in [3.63, 3.8) is 0 Å². The molecule has 0 aromatic heterocycles. The van der Waals surface area contributed by atoms with Crippen LogP contribution in [0.25, 0.3) is 11.1 Å². The molecule has 0 amide bonds. The zero-order chi connectivity index (χ0) is 11.5. The molecule has 0 aliphatic heterocycles. The summed E-state index contributed by atoms with van der Waals surface area (Å²) < 4.78 is 13.4. The molecule has 0 radical (unpaired) electrons. The minimum absolute atomic E-state index is 0.252. The van der Waals surface area contributed by atoms with Crippen LogP contribution in [0.3, 0.4) is 0 Å². The Morgan fingerprint density at radius 1 is 1.12 bits per heavy atom. The van der Waals surface area contributed by atoms with Crippen molar-refractivity contribution in [2.75, 3.05) is 0 Å². The first-order valence-electron chi connectivity index (χ1n) is 5.03. The minimum atomic E-state index is -0.252. The van der Waals surface area contributed by atoms with E-state index in [4.69, 9.17) is 0 Å². The van der Waals surface area contributed by atoms with Gasteiger partial charge in [0.15, 0.2) is 6.29 Å².